The molecule has 1 aromatic carbocycles. The van der Waals surface area contributed by atoms with Crippen LogP contribution in [0.15, 0.2) is 29.5 Å². The number of ether oxygens (including phenoxy) is 1. The molecule has 1 N–H and O–H groups in total. The molecule has 1 heterocycles. The summed E-state index contributed by atoms with van der Waals surface area (Å²) in [5.41, 5.74) is 2.14. The number of hydrogen-bond acceptors (Lipinski definition) is 5. The van der Waals surface area contributed by atoms with Crippen molar-refractivity contribution in [3.8, 4) is 5.75 Å². The fourth-order valence-corrected chi connectivity index (χ4v) is 3.93. The standard InChI is InChI=1S/C18H21N3O4S/c1-3-20-12-6-5-7-14(22)16(12)17(19-18(20)26)11-8-9-15(25-4-2)13(10-11)21(23)24/h8-10,17H,3-7H2,1-2H3,(H,19,26). The quantitative estimate of drug-likeness (QED) is 0.480. The van der Waals surface area contributed by atoms with Crippen molar-refractivity contribution in [1.82, 2.24) is 10.2 Å². The predicted molar refractivity (Wildman–Crippen MR) is 101 cm³/mol. The van der Waals surface area contributed by atoms with E-state index in [0.717, 1.165) is 18.5 Å². The molecule has 7 nitrogen and oxygen atoms in total. The molecule has 1 aliphatic carbocycles. The Balaban J connectivity index is 2.10. The number of nitrogens with zero attached hydrogens (tertiary/aromatic N) is 2. The summed E-state index contributed by atoms with van der Waals surface area (Å²) in [7, 11) is 0. The van der Waals surface area contributed by atoms with Gasteiger partial charge in [-0.3, -0.25) is 14.9 Å². The van der Waals surface area contributed by atoms with E-state index in [4.69, 9.17) is 17.0 Å². The van der Waals surface area contributed by atoms with E-state index < -0.39 is 11.0 Å². The van der Waals surface area contributed by atoms with Crippen LogP contribution in [0, 0.1) is 10.1 Å². The molecule has 8 heteroatoms. The molecule has 1 aromatic rings. The Hall–Kier alpha value is -2.48. The summed E-state index contributed by atoms with van der Waals surface area (Å²) in [6, 6.07) is 4.34. The number of rotatable bonds is 5. The summed E-state index contributed by atoms with van der Waals surface area (Å²) in [4.78, 5) is 25.6. The van der Waals surface area contributed by atoms with Crippen LogP contribution in [0.4, 0.5) is 5.69 Å². The zero-order chi connectivity index (χ0) is 18.8. The molecule has 0 radical (unpaired) electrons. The third kappa shape index (κ3) is 3.16. The number of Topliss-reactive ketones (excluding diaryl/α,β-unsaturated/α-hetero) is 1. The van der Waals surface area contributed by atoms with E-state index in [1.807, 2.05) is 11.8 Å². The van der Waals surface area contributed by atoms with Gasteiger partial charge in [-0.05, 0) is 50.5 Å². The molecule has 2 aliphatic rings. The van der Waals surface area contributed by atoms with E-state index in [9.17, 15) is 14.9 Å². The van der Waals surface area contributed by atoms with Crippen molar-refractivity contribution in [3.63, 3.8) is 0 Å². The SMILES string of the molecule is CCOc1ccc(C2NC(=S)N(CC)C3=C2C(=O)CCC3)cc1[N+](=O)[O-]. The highest BCUT2D eigenvalue weighted by Gasteiger charge is 2.37. The van der Waals surface area contributed by atoms with E-state index in [0.29, 0.717) is 35.8 Å². The van der Waals surface area contributed by atoms with E-state index in [2.05, 4.69) is 5.32 Å². The Labute approximate surface area is 157 Å². The van der Waals surface area contributed by atoms with Gasteiger partial charge in [0.2, 0.25) is 0 Å². The third-order valence-electron chi connectivity index (χ3n) is 4.69. The molecule has 0 amide bonds. The lowest BCUT2D eigenvalue weighted by molar-refractivity contribution is -0.385. The molecule has 0 bridgehead atoms. The minimum atomic E-state index is -0.470. The number of thiocarbonyl (C=S) groups is 1. The average Bonchev–Trinajstić information content (AvgIpc) is 2.61. The van der Waals surface area contributed by atoms with Gasteiger partial charge in [0.1, 0.15) is 0 Å². The van der Waals surface area contributed by atoms with Crippen molar-refractivity contribution < 1.29 is 14.5 Å². The van der Waals surface area contributed by atoms with Gasteiger partial charge in [0.25, 0.3) is 0 Å². The minimum Gasteiger partial charge on any atom is -0.487 e. The van der Waals surface area contributed by atoms with Crippen molar-refractivity contribution in [1.29, 1.82) is 0 Å². The largest absolute Gasteiger partial charge is 0.487 e. The number of nitro benzene ring substituents is 1. The van der Waals surface area contributed by atoms with Gasteiger partial charge in [-0.15, -0.1) is 0 Å². The van der Waals surface area contributed by atoms with Gasteiger partial charge >= 0.3 is 5.69 Å². The van der Waals surface area contributed by atoms with Gasteiger partial charge in [-0.1, -0.05) is 6.07 Å². The summed E-state index contributed by atoms with van der Waals surface area (Å²) in [5.74, 6) is 0.292. The third-order valence-corrected chi connectivity index (χ3v) is 5.02. The van der Waals surface area contributed by atoms with E-state index in [1.54, 1.807) is 19.1 Å². The first kappa shape index (κ1) is 18.3. The zero-order valence-corrected chi connectivity index (χ0v) is 15.6. The maximum Gasteiger partial charge on any atom is 0.311 e. The van der Waals surface area contributed by atoms with Crippen LogP contribution in [0.1, 0.15) is 44.7 Å². The van der Waals surface area contributed by atoms with Crippen molar-refractivity contribution >= 4 is 28.8 Å². The van der Waals surface area contributed by atoms with Crippen LogP contribution in [-0.4, -0.2) is 33.9 Å². The maximum absolute atomic E-state index is 12.6. The molecule has 0 spiro atoms. The van der Waals surface area contributed by atoms with Gasteiger partial charge in [-0.2, -0.15) is 0 Å². The molecular formula is C18H21N3O4S. The summed E-state index contributed by atoms with van der Waals surface area (Å²) >= 11 is 5.47. The normalized spacial score (nSPS) is 19.9. The molecule has 0 saturated carbocycles. The van der Waals surface area contributed by atoms with E-state index in [1.165, 1.54) is 6.07 Å². The lowest BCUT2D eigenvalue weighted by Gasteiger charge is -2.40. The fraction of sp³-hybridized carbons (Fsp3) is 0.444. The number of benzene rings is 1. The summed E-state index contributed by atoms with van der Waals surface area (Å²) in [6.45, 7) is 4.77. The molecular weight excluding hydrogens is 354 g/mol. The second-order valence-electron chi connectivity index (χ2n) is 6.18. The molecule has 1 atom stereocenters. The monoisotopic (exact) mass is 375 g/mol. The number of nitrogens with one attached hydrogen (secondary N) is 1. The Morgan fingerprint density at radius 1 is 1.38 bits per heavy atom. The molecule has 0 aromatic heterocycles. The summed E-state index contributed by atoms with van der Waals surface area (Å²) in [6.07, 6.45) is 2.07. The lowest BCUT2D eigenvalue weighted by Crippen LogP contribution is -2.49. The van der Waals surface area contributed by atoms with Crippen molar-refractivity contribution in [2.24, 2.45) is 0 Å². The van der Waals surface area contributed by atoms with Gasteiger partial charge in [0.05, 0.1) is 17.6 Å². The molecule has 138 valence electrons. The molecule has 26 heavy (non-hydrogen) atoms. The first-order valence-corrected chi connectivity index (χ1v) is 9.14. The van der Waals surface area contributed by atoms with E-state index >= 15 is 0 Å². The number of carbonyl (C=O) groups is 1. The Morgan fingerprint density at radius 3 is 2.81 bits per heavy atom. The summed E-state index contributed by atoms with van der Waals surface area (Å²) in [5, 5.41) is 15.2. The topological polar surface area (TPSA) is 84.7 Å². The minimum absolute atomic E-state index is 0.0706. The van der Waals surface area contributed by atoms with Gasteiger partial charge in [-0.25, -0.2) is 0 Å². The smallest absolute Gasteiger partial charge is 0.311 e. The number of nitro groups is 1. The Kier molecular flexibility index (Phi) is 5.22. The lowest BCUT2D eigenvalue weighted by atomic mass is 9.84. The summed E-state index contributed by atoms with van der Waals surface area (Å²) < 4.78 is 5.35. The number of allylic oxidation sites excluding steroid dienone is 1. The molecule has 3 rings (SSSR count). The van der Waals surface area contributed by atoms with Crippen molar-refractivity contribution in [2.45, 2.75) is 39.2 Å². The predicted octanol–water partition coefficient (Wildman–Crippen LogP) is 3.25. The second-order valence-corrected chi connectivity index (χ2v) is 6.57. The highest BCUT2D eigenvalue weighted by molar-refractivity contribution is 7.80. The van der Waals surface area contributed by atoms with Crippen LogP contribution < -0.4 is 10.1 Å². The fourth-order valence-electron chi connectivity index (χ4n) is 3.57. The first-order valence-electron chi connectivity index (χ1n) is 8.73. The second kappa shape index (κ2) is 7.41. The Morgan fingerprint density at radius 2 is 2.15 bits per heavy atom. The first-order chi connectivity index (χ1) is 12.5. The maximum atomic E-state index is 12.6. The van der Waals surface area contributed by atoms with Crippen LogP contribution in [-0.2, 0) is 4.79 Å². The van der Waals surface area contributed by atoms with Gasteiger partial charge in [0.15, 0.2) is 16.6 Å². The average molecular weight is 375 g/mol. The van der Waals surface area contributed by atoms with Crippen LogP contribution in [0.2, 0.25) is 0 Å². The van der Waals surface area contributed by atoms with Crippen molar-refractivity contribution in [3.05, 3.63) is 45.1 Å². The molecule has 1 unspecified atom stereocenters. The highest BCUT2D eigenvalue weighted by Crippen LogP contribution is 2.39. The van der Waals surface area contributed by atoms with Crippen LogP contribution in [0.5, 0.6) is 5.75 Å². The molecule has 0 fully saturated rings. The highest BCUT2D eigenvalue weighted by atomic mass is 32.1. The number of carbonyl (C=O) groups excluding carboxylic acids is 1. The Bertz CT molecular complexity index is 806. The van der Waals surface area contributed by atoms with Crippen LogP contribution in [0.3, 0.4) is 0 Å². The number of ketones is 1. The zero-order valence-electron chi connectivity index (χ0n) is 14.8. The number of hydrogen-bond donors (Lipinski definition) is 1. The van der Waals surface area contributed by atoms with Gasteiger partial charge in [0, 0.05) is 30.3 Å². The van der Waals surface area contributed by atoms with Crippen LogP contribution in [0.25, 0.3) is 0 Å². The van der Waals surface area contributed by atoms with Gasteiger partial charge < -0.3 is 15.0 Å². The van der Waals surface area contributed by atoms with Crippen molar-refractivity contribution in [2.75, 3.05) is 13.2 Å². The molecule has 0 saturated heterocycles. The van der Waals surface area contributed by atoms with E-state index in [-0.39, 0.29) is 17.2 Å². The molecule has 1 aliphatic heterocycles. The van der Waals surface area contributed by atoms with Crippen LogP contribution >= 0.6 is 12.2 Å².